The largest absolute Gasteiger partial charge is 0.494 e. The molecule has 3 nitrogen and oxygen atoms in total. The highest BCUT2D eigenvalue weighted by molar-refractivity contribution is 5.74. The molecule has 19 heavy (non-hydrogen) atoms. The third-order valence-electron chi connectivity index (χ3n) is 2.72. The lowest BCUT2D eigenvalue weighted by molar-refractivity contribution is 0.387. The molecule has 3 N–H and O–H groups in total. The Morgan fingerprint density at radius 1 is 1.05 bits per heavy atom. The Morgan fingerprint density at radius 3 is 2.42 bits per heavy atom. The summed E-state index contributed by atoms with van der Waals surface area (Å²) in [4.78, 5) is 0. The van der Waals surface area contributed by atoms with Gasteiger partial charge in [0.25, 0.3) is 0 Å². The van der Waals surface area contributed by atoms with Crippen LogP contribution in [-0.4, -0.2) is 7.11 Å². The Labute approximate surface area is 110 Å². The van der Waals surface area contributed by atoms with E-state index < -0.39 is 11.6 Å². The van der Waals surface area contributed by atoms with Crippen LogP contribution in [0.5, 0.6) is 5.75 Å². The van der Waals surface area contributed by atoms with Gasteiger partial charge in [0.2, 0.25) is 0 Å². The molecule has 0 aliphatic rings. The van der Waals surface area contributed by atoms with E-state index in [0.29, 0.717) is 5.69 Å². The fraction of sp³-hybridized carbons (Fsp3) is 0.143. The number of ether oxygens (including phenoxy) is 1. The van der Waals surface area contributed by atoms with Gasteiger partial charge in [0, 0.05) is 12.1 Å². The third-order valence-corrected chi connectivity index (χ3v) is 2.72. The SMILES string of the molecule is COc1cc(Nc2ccc(C)cc2F)c(N)cc1F. The van der Waals surface area contributed by atoms with Crippen molar-refractivity contribution >= 4 is 17.1 Å². The molecule has 0 amide bonds. The van der Waals surface area contributed by atoms with Crippen molar-refractivity contribution in [3.05, 3.63) is 47.5 Å². The first-order valence-electron chi connectivity index (χ1n) is 5.67. The maximum Gasteiger partial charge on any atom is 0.167 e. The van der Waals surface area contributed by atoms with Gasteiger partial charge in [-0.25, -0.2) is 8.78 Å². The summed E-state index contributed by atoms with van der Waals surface area (Å²) in [7, 11) is 1.35. The van der Waals surface area contributed by atoms with Crippen molar-refractivity contribution in [1.29, 1.82) is 0 Å². The van der Waals surface area contributed by atoms with Gasteiger partial charge in [-0.1, -0.05) is 6.07 Å². The van der Waals surface area contributed by atoms with E-state index >= 15 is 0 Å². The van der Waals surface area contributed by atoms with E-state index in [1.807, 2.05) is 0 Å². The minimum absolute atomic E-state index is 0.0456. The lowest BCUT2D eigenvalue weighted by Gasteiger charge is -2.12. The van der Waals surface area contributed by atoms with Crippen molar-refractivity contribution < 1.29 is 13.5 Å². The van der Waals surface area contributed by atoms with E-state index in [1.54, 1.807) is 19.1 Å². The van der Waals surface area contributed by atoms with E-state index in [9.17, 15) is 8.78 Å². The van der Waals surface area contributed by atoms with Crippen molar-refractivity contribution in [2.24, 2.45) is 0 Å². The molecule has 100 valence electrons. The molecular weight excluding hydrogens is 250 g/mol. The monoisotopic (exact) mass is 264 g/mol. The first kappa shape index (κ1) is 13.1. The molecule has 0 saturated heterocycles. The zero-order chi connectivity index (χ0) is 14.0. The Hall–Kier alpha value is -2.30. The van der Waals surface area contributed by atoms with Crippen LogP contribution in [0, 0.1) is 18.6 Å². The smallest absolute Gasteiger partial charge is 0.167 e. The number of nitrogens with two attached hydrogens (primary N) is 1. The highest BCUT2D eigenvalue weighted by atomic mass is 19.1. The quantitative estimate of drug-likeness (QED) is 0.832. The maximum absolute atomic E-state index is 13.7. The van der Waals surface area contributed by atoms with Gasteiger partial charge >= 0.3 is 0 Å². The van der Waals surface area contributed by atoms with Crippen molar-refractivity contribution in [2.45, 2.75) is 6.92 Å². The summed E-state index contributed by atoms with van der Waals surface area (Å²) in [5, 5.41) is 2.82. The van der Waals surface area contributed by atoms with Crippen molar-refractivity contribution in [1.82, 2.24) is 0 Å². The van der Waals surface area contributed by atoms with E-state index in [2.05, 4.69) is 5.32 Å². The normalized spacial score (nSPS) is 10.3. The summed E-state index contributed by atoms with van der Waals surface area (Å²) in [6, 6.07) is 7.29. The molecule has 0 unspecified atom stereocenters. The Morgan fingerprint density at radius 2 is 1.79 bits per heavy atom. The highest BCUT2D eigenvalue weighted by Gasteiger charge is 2.10. The standard InChI is InChI=1S/C14H14F2N2O/c1-8-3-4-12(9(15)5-8)18-13-7-14(19-2)10(16)6-11(13)17/h3-7,18H,17H2,1-2H3. The van der Waals surface area contributed by atoms with Gasteiger partial charge in [-0.05, 0) is 24.6 Å². The van der Waals surface area contributed by atoms with Gasteiger partial charge in [0.05, 0.1) is 24.2 Å². The van der Waals surface area contributed by atoms with Crippen LogP contribution in [0.4, 0.5) is 25.8 Å². The minimum atomic E-state index is -0.560. The van der Waals surface area contributed by atoms with Crippen molar-refractivity contribution in [2.75, 3.05) is 18.2 Å². The summed E-state index contributed by atoms with van der Waals surface area (Å²) in [5.74, 6) is -0.915. The van der Waals surface area contributed by atoms with Gasteiger partial charge in [-0.3, -0.25) is 0 Å². The number of nitrogens with one attached hydrogen (secondary N) is 1. The Kier molecular flexibility index (Phi) is 3.55. The average Bonchev–Trinajstić information content (AvgIpc) is 2.35. The summed E-state index contributed by atoms with van der Waals surface area (Å²) in [5.41, 5.74) is 7.34. The topological polar surface area (TPSA) is 47.3 Å². The number of benzene rings is 2. The molecule has 0 heterocycles. The van der Waals surface area contributed by atoms with Crippen LogP contribution in [0.25, 0.3) is 0 Å². The first-order valence-corrected chi connectivity index (χ1v) is 5.67. The molecule has 0 radical (unpaired) electrons. The molecule has 0 saturated carbocycles. The van der Waals surface area contributed by atoms with Crippen LogP contribution in [0.1, 0.15) is 5.56 Å². The molecule has 0 atom stereocenters. The number of hydrogen-bond donors (Lipinski definition) is 2. The first-order chi connectivity index (χ1) is 9.01. The molecule has 2 rings (SSSR count). The van der Waals surface area contributed by atoms with E-state index in [-0.39, 0.29) is 17.1 Å². The van der Waals surface area contributed by atoms with Crippen LogP contribution in [0.15, 0.2) is 30.3 Å². The van der Waals surface area contributed by atoms with Crippen LogP contribution < -0.4 is 15.8 Å². The average molecular weight is 264 g/mol. The second-order valence-electron chi connectivity index (χ2n) is 4.18. The fourth-order valence-corrected chi connectivity index (χ4v) is 1.70. The number of methoxy groups -OCH3 is 1. The molecule has 0 spiro atoms. The van der Waals surface area contributed by atoms with Crippen LogP contribution in [0.3, 0.4) is 0 Å². The predicted octanol–water partition coefficient (Wildman–Crippen LogP) is 3.61. The number of rotatable bonds is 3. The number of aryl methyl sites for hydroxylation is 1. The summed E-state index contributed by atoms with van der Waals surface area (Å²) >= 11 is 0. The highest BCUT2D eigenvalue weighted by Crippen LogP contribution is 2.31. The molecule has 2 aromatic carbocycles. The number of halogens is 2. The summed E-state index contributed by atoms with van der Waals surface area (Å²) < 4.78 is 32.0. The number of hydrogen-bond acceptors (Lipinski definition) is 3. The van der Waals surface area contributed by atoms with Gasteiger partial charge in [-0.15, -0.1) is 0 Å². The lowest BCUT2D eigenvalue weighted by atomic mass is 10.2. The molecule has 0 aliphatic heterocycles. The van der Waals surface area contributed by atoms with Crippen LogP contribution in [0.2, 0.25) is 0 Å². The summed E-state index contributed by atoms with van der Waals surface area (Å²) in [6.45, 7) is 1.79. The molecule has 0 bridgehead atoms. The molecule has 5 heteroatoms. The van der Waals surface area contributed by atoms with E-state index in [4.69, 9.17) is 10.5 Å². The number of nitrogen functional groups attached to an aromatic ring is 1. The zero-order valence-electron chi connectivity index (χ0n) is 10.6. The summed E-state index contributed by atoms with van der Waals surface area (Å²) in [6.07, 6.45) is 0. The van der Waals surface area contributed by atoms with Gasteiger partial charge in [0.15, 0.2) is 11.6 Å². The minimum Gasteiger partial charge on any atom is -0.494 e. The molecular formula is C14H14F2N2O. The Bertz CT molecular complexity index is 615. The lowest BCUT2D eigenvalue weighted by Crippen LogP contribution is -2.00. The van der Waals surface area contributed by atoms with Crippen LogP contribution >= 0.6 is 0 Å². The van der Waals surface area contributed by atoms with Crippen molar-refractivity contribution in [3.63, 3.8) is 0 Å². The maximum atomic E-state index is 13.7. The molecule has 0 fully saturated rings. The molecule has 2 aromatic rings. The van der Waals surface area contributed by atoms with Crippen LogP contribution in [-0.2, 0) is 0 Å². The second-order valence-corrected chi connectivity index (χ2v) is 4.18. The van der Waals surface area contributed by atoms with E-state index in [0.717, 1.165) is 11.6 Å². The number of anilines is 3. The van der Waals surface area contributed by atoms with Gasteiger partial charge < -0.3 is 15.8 Å². The zero-order valence-corrected chi connectivity index (χ0v) is 10.6. The molecule has 0 aliphatic carbocycles. The predicted molar refractivity (Wildman–Crippen MR) is 71.8 cm³/mol. The fourth-order valence-electron chi connectivity index (χ4n) is 1.70. The Balaban J connectivity index is 2.37. The third kappa shape index (κ3) is 2.76. The molecule has 0 aromatic heterocycles. The van der Waals surface area contributed by atoms with Gasteiger partial charge in [0.1, 0.15) is 5.82 Å². The van der Waals surface area contributed by atoms with E-state index in [1.165, 1.54) is 19.2 Å². The van der Waals surface area contributed by atoms with Gasteiger partial charge in [-0.2, -0.15) is 0 Å². The van der Waals surface area contributed by atoms with Crippen molar-refractivity contribution in [3.8, 4) is 5.75 Å². The second kappa shape index (κ2) is 5.14.